The molecular formula is C13H11BrN2O3S. The SMILES string of the molecule is CN(Cc1cc(Br)cs1)c1ccc([N+](=O)[O-])cc1C=O. The second-order valence-electron chi connectivity index (χ2n) is 4.21. The van der Waals surface area contributed by atoms with E-state index in [2.05, 4.69) is 15.9 Å². The Balaban J connectivity index is 2.27. The first-order valence-corrected chi connectivity index (χ1v) is 7.36. The van der Waals surface area contributed by atoms with Crippen molar-refractivity contribution < 1.29 is 9.72 Å². The number of rotatable bonds is 5. The van der Waals surface area contributed by atoms with Gasteiger partial charge in [0.1, 0.15) is 0 Å². The highest BCUT2D eigenvalue weighted by atomic mass is 79.9. The van der Waals surface area contributed by atoms with Gasteiger partial charge in [-0.1, -0.05) is 0 Å². The molecule has 0 amide bonds. The van der Waals surface area contributed by atoms with Gasteiger partial charge in [-0.2, -0.15) is 0 Å². The van der Waals surface area contributed by atoms with Crippen LogP contribution in [0, 0.1) is 10.1 Å². The Labute approximate surface area is 128 Å². The van der Waals surface area contributed by atoms with E-state index in [0.717, 1.165) is 9.35 Å². The largest absolute Gasteiger partial charge is 0.369 e. The summed E-state index contributed by atoms with van der Waals surface area (Å²) in [5.41, 5.74) is 0.913. The van der Waals surface area contributed by atoms with Crippen molar-refractivity contribution in [2.75, 3.05) is 11.9 Å². The quantitative estimate of drug-likeness (QED) is 0.464. The molecule has 1 aromatic carbocycles. The second-order valence-corrected chi connectivity index (χ2v) is 6.12. The smallest absolute Gasteiger partial charge is 0.270 e. The van der Waals surface area contributed by atoms with Gasteiger partial charge >= 0.3 is 0 Å². The van der Waals surface area contributed by atoms with Gasteiger partial charge in [0, 0.05) is 45.2 Å². The minimum absolute atomic E-state index is 0.0804. The maximum Gasteiger partial charge on any atom is 0.270 e. The predicted octanol–water partition coefficient (Wildman–Crippen LogP) is 3.87. The molecule has 0 aliphatic heterocycles. The van der Waals surface area contributed by atoms with Gasteiger partial charge in [0.2, 0.25) is 0 Å². The van der Waals surface area contributed by atoms with Crippen LogP contribution in [0.2, 0.25) is 0 Å². The number of hydrogen-bond donors (Lipinski definition) is 0. The number of thiophene rings is 1. The molecule has 0 saturated heterocycles. The topological polar surface area (TPSA) is 63.4 Å². The van der Waals surface area contributed by atoms with E-state index >= 15 is 0 Å². The van der Waals surface area contributed by atoms with Crippen LogP contribution in [0.15, 0.2) is 34.1 Å². The molecule has 2 aromatic rings. The summed E-state index contributed by atoms with van der Waals surface area (Å²) in [6, 6.07) is 6.31. The molecule has 0 radical (unpaired) electrons. The van der Waals surface area contributed by atoms with E-state index in [4.69, 9.17) is 0 Å². The Kier molecular flexibility index (Phi) is 4.51. The summed E-state index contributed by atoms with van der Waals surface area (Å²) in [5.74, 6) is 0. The molecule has 0 aliphatic rings. The van der Waals surface area contributed by atoms with Crippen LogP contribution in [0.4, 0.5) is 11.4 Å². The third-order valence-corrected chi connectivity index (χ3v) is 4.46. The molecule has 0 fully saturated rings. The van der Waals surface area contributed by atoms with Gasteiger partial charge in [-0.05, 0) is 28.1 Å². The number of hydrogen-bond acceptors (Lipinski definition) is 5. The summed E-state index contributed by atoms with van der Waals surface area (Å²) >= 11 is 5.00. The van der Waals surface area contributed by atoms with Gasteiger partial charge in [-0.3, -0.25) is 14.9 Å². The molecule has 0 unspecified atom stereocenters. The average molecular weight is 355 g/mol. The molecule has 104 valence electrons. The number of aldehydes is 1. The molecule has 0 bridgehead atoms. The van der Waals surface area contributed by atoms with E-state index in [-0.39, 0.29) is 5.69 Å². The lowest BCUT2D eigenvalue weighted by atomic mass is 10.1. The van der Waals surface area contributed by atoms with Crippen LogP contribution < -0.4 is 4.90 Å². The molecule has 1 aromatic heterocycles. The van der Waals surface area contributed by atoms with Crippen LogP contribution in [0.5, 0.6) is 0 Å². The van der Waals surface area contributed by atoms with Crippen molar-refractivity contribution in [3.05, 3.63) is 54.7 Å². The van der Waals surface area contributed by atoms with Crippen molar-refractivity contribution in [3.63, 3.8) is 0 Å². The third kappa shape index (κ3) is 3.23. The summed E-state index contributed by atoms with van der Waals surface area (Å²) in [7, 11) is 1.85. The molecule has 0 saturated carbocycles. The molecule has 5 nitrogen and oxygen atoms in total. The van der Waals surface area contributed by atoms with Gasteiger partial charge in [-0.15, -0.1) is 11.3 Å². The fraction of sp³-hybridized carbons (Fsp3) is 0.154. The molecule has 20 heavy (non-hydrogen) atoms. The summed E-state index contributed by atoms with van der Waals surface area (Å²) in [5, 5.41) is 12.7. The van der Waals surface area contributed by atoms with E-state index in [1.54, 1.807) is 17.4 Å². The number of halogens is 1. The highest BCUT2D eigenvalue weighted by molar-refractivity contribution is 9.10. The normalized spacial score (nSPS) is 10.3. The van der Waals surface area contributed by atoms with Crippen molar-refractivity contribution in [3.8, 4) is 0 Å². The molecule has 7 heteroatoms. The first kappa shape index (κ1) is 14.7. The number of anilines is 1. The van der Waals surface area contributed by atoms with E-state index in [0.29, 0.717) is 24.1 Å². The second kappa shape index (κ2) is 6.15. The van der Waals surface area contributed by atoms with Crippen molar-refractivity contribution >= 4 is 44.9 Å². The monoisotopic (exact) mass is 354 g/mol. The Bertz CT molecular complexity index is 657. The van der Waals surface area contributed by atoms with Crippen LogP contribution in [-0.2, 0) is 6.54 Å². The van der Waals surface area contributed by atoms with Crippen LogP contribution >= 0.6 is 27.3 Å². The number of nitrogens with zero attached hydrogens (tertiary/aromatic N) is 2. The molecular weight excluding hydrogens is 344 g/mol. The van der Waals surface area contributed by atoms with Crippen LogP contribution in [0.25, 0.3) is 0 Å². The van der Waals surface area contributed by atoms with E-state index in [1.807, 2.05) is 23.4 Å². The van der Waals surface area contributed by atoms with Gasteiger partial charge in [0.25, 0.3) is 5.69 Å². The van der Waals surface area contributed by atoms with Gasteiger partial charge in [0.05, 0.1) is 11.5 Å². The first-order valence-electron chi connectivity index (χ1n) is 5.69. The van der Waals surface area contributed by atoms with Gasteiger partial charge in [-0.25, -0.2) is 0 Å². The van der Waals surface area contributed by atoms with E-state index in [1.165, 1.54) is 12.1 Å². The minimum Gasteiger partial charge on any atom is -0.369 e. The van der Waals surface area contributed by atoms with Gasteiger partial charge < -0.3 is 4.90 Å². The number of nitro groups is 1. The molecule has 0 aliphatic carbocycles. The summed E-state index contributed by atoms with van der Waals surface area (Å²) in [4.78, 5) is 24.3. The maximum absolute atomic E-state index is 11.1. The molecule has 0 spiro atoms. The van der Waals surface area contributed by atoms with Crippen molar-refractivity contribution in [2.24, 2.45) is 0 Å². The van der Waals surface area contributed by atoms with Crippen LogP contribution in [-0.4, -0.2) is 18.3 Å². The Morgan fingerprint density at radius 3 is 2.75 bits per heavy atom. The highest BCUT2D eigenvalue weighted by Crippen LogP contribution is 2.27. The zero-order chi connectivity index (χ0) is 14.7. The zero-order valence-corrected chi connectivity index (χ0v) is 13.0. The zero-order valence-electron chi connectivity index (χ0n) is 10.6. The summed E-state index contributed by atoms with van der Waals surface area (Å²) in [6.07, 6.45) is 0.642. The van der Waals surface area contributed by atoms with Gasteiger partial charge in [0.15, 0.2) is 6.29 Å². The van der Waals surface area contributed by atoms with Crippen molar-refractivity contribution in [1.29, 1.82) is 0 Å². The minimum atomic E-state index is -0.507. The van der Waals surface area contributed by atoms with E-state index < -0.39 is 4.92 Å². The fourth-order valence-corrected chi connectivity index (χ4v) is 3.36. The third-order valence-electron chi connectivity index (χ3n) is 2.77. The lowest BCUT2D eigenvalue weighted by molar-refractivity contribution is -0.384. The maximum atomic E-state index is 11.1. The first-order chi connectivity index (χ1) is 9.51. The molecule has 1 heterocycles. The Hall–Kier alpha value is -1.73. The Morgan fingerprint density at radius 1 is 1.45 bits per heavy atom. The number of carbonyl (C=O) groups is 1. The number of nitro benzene ring substituents is 1. The average Bonchev–Trinajstić information content (AvgIpc) is 2.83. The highest BCUT2D eigenvalue weighted by Gasteiger charge is 2.13. The Morgan fingerprint density at radius 2 is 2.20 bits per heavy atom. The summed E-state index contributed by atoms with van der Waals surface area (Å²) in [6.45, 7) is 0.634. The standard InChI is InChI=1S/C13H11BrN2O3S/c1-15(6-12-5-10(14)8-20-12)13-3-2-11(16(18)19)4-9(13)7-17/h2-5,7-8H,6H2,1H3. The van der Waals surface area contributed by atoms with Crippen molar-refractivity contribution in [2.45, 2.75) is 6.54 Å². The fourth-order valence-electron chi connectivity index (χ4n) is 1.85. The molecule has 2 rings (SSSR count). The summed E-state index contributed by atoms with van der Waals surface area (Å²) < 4.78 is 1.02. The molecule has 0 N–H and O–H groups in total. The predicted molar refractivity (Wildman–Crippen MR) is 82.6 cm³/mol. The van der Waals surface area contributed by atoms with Crippen LogP contribution in [0.3, 0.4) is 0 Å². The van der Waals surface area contributed by atoms with E-state index in [9.17, 15) is 14.9 Å². The molecule has 0 atom stereocenters. The lowest BCUT2D eigenvalue weighted by Gasteiger charge is -2.19. The number of non-ortho nitro benzene ring substituents is 1. The van der Waals surface area contributed by atoms with Crippen LogP contribution in [0.1, 0.15) is 15.2 Å². The number of benzene rings is 1. The lowest BCUT2D eigenvalue weighted by Crippen LogP contribution is -2.17. The van der Waals surface area contributed by atoms with Crippen molar-refractivity contribution in [1.82, 2.24) is 0 Å². The number of carbonyl (C=O) groups excluding carboxylic acids is 1.